The number of para-hydroxylation sites is 1. The Labute approximate surface area is 294 Å². The van der Waals surface area contributed by atoms with Crippen LogP contribution in [0.25, 0.3) is 75.0 Å². The van der Waals surface area contributed by atoms with Crippen LogP contribution in [0.2, 0.25) is 0 Å². The molecule has 10 rings (SSSR count). The normalized spacial score (nSPS) is 11.6. The van der Waals surface area contributed by atoms with Gasteiger partial charge in [-0.05, 0) is 79.7 Å². The van der Waals surface area contributed by atoms with E-state index in [0.29, 0.717) is 0 Å². The minimum absolute atomic E-state index is 1.03. The van der Waals surface area contributed by atoms with Crippen molar-refractivity contribution in [1.29, 1.82) is 0 Å². The van der Waals surface area contributed by atoms with Crippen molar-refractivity contribution in [2.24, 2.45) is 0 Å². The molecule has 9 aromatic carbocycles. The SMILES string of the molecule is c1ccc(-c2nc3ccc4ccc5ccc(N(c6ccc7ccc8ccccc8c7c6)c6ccccc6-c6ccccc6)cc5c4c3s2)cc1. The first-order chi connectivity index (χ1) is 24.8. The summed E-state index contributed by atoms with van der Waals surface area (Å²) in [6.07, 6.45) is 0. The number of thiazole rings is 1. The molecule has 234 valence electrons. The van der Waals surface area contributed by atoms with Crippen LogP contribution < -0.4 is 4.90 Å². The lowest BCUT2D eigenvalue weighted by Gasteiger charge is -2.28. The van der Waals surface area contributed by atoms with Crippen molar-refractivity contribution in [2.45, 2.75) is 0 Å². The van der Waals surface area contributed by atoms with Gasteiger partial charge in [-0.1, -0.05) is 146 Å². The molecule has 0 saturated carbocycles. The molecule has 0 N–H and O–H groups in total. The maximum absolute atomic E-state index is 5.10. The van der Waals surface area contributed by atoms with E-state index in [0.717, 1.165) is 33.1 Å². The lowest BCUT2D eigenvalue weighted by atomic mass is 9.98. The Morgan fingerprint density at radius 2 is 0.980 bits per heavy atom. The zero-order chi connectivity index (χ0) is 33.0. The highest BCUT2D eigenvalue weighted by atomic mass is 32.1. The molecule has 0 amide bonds. The minimum Gasteiger partial charge on any atom is -0.310 e. The van der Waals surface area contributed by atoms with Gasteiger partial charge in [-0.15, -0.1) is 11.3 Å². The van der Waals surface area contributed by atoms with Crippen molar-refractivity contribution in [3.8, 4) is 21.7 Å². The van der Waals surface area contributed by atoms with Crippen molar-refractivity contribution in [3.05, 3.63) is 182 Å². The van der Waals surface area contributed by atoms with Gasteiger partial charge in [-0.3, -0.25) is 0 Å². The molecule has 0 aliphatic carbocycles. The largest absolute Gasteiger partial charge is 0.310 e. The number of hydrogen-bond acceptors (Lipinski definition) is 3. The van der Waals surface area contributed by atoms with E-state index in [2.05, 4.69) is 187 Å². The monoisotopic (exact) mass is 654 g/mol. The molecule has 3 heteroatoms. The summed E-state index contributed by atoms with van der Waals surface area (Å²) in [5.74, 6) is 0. The van der Waals surface area contributed by atoms with Crippen LogP contribution in [0.1, 0.15) is 0 Å². The predicted octanol–water partition coefficient (Wildman–Crippen LogP) is 13.7. The van der Waals surface area contributed by atoms with Gasteiger partial charge in [0, 0.05) is 27.9 Å². The topological polar surface area (TPSA) is 16.1 Å². The van der Waals surface area contributed by atoms with E-state index < -0.39 is 0 Å². The van der Waals surface area contributed by atoms with Crippen LogP contribution in [-0.4, -0.2) is 4.98 Å². The molecule has 0 spiro atoms. The molecule has 1 aromatic heterocycles. The van der Waals surface area contributed by atoms with Crippen LogP contribution in [0.15, 0.2) is 182 Å². The average Bonchev–Trinajstić information content (AvgIpc) is 3.64. The Balaban J connectivity index is 1.25. The van der Waals surface area contributed by atoms with Crippen LogP contribution in [0, 0.1) is 0 Å². The van der Waals surface area contributed by atoms with Gasteiger partial charge in [0.15, 0.2) is 0 Å². The van der Waals surface area contributed by atoms with E-state index in [1.807, 2.05) is 0 Å². The van der Waals surface area contributed by atoms with E-state index in [1.165, 1.54) is 58.9 Å². The molecule has 0 radical (unpaired) electrons. The highest BCUT2D eigenvalue weighted by Gasteiger charge is 2.20. The lowest BCUT2D eigenvalue weighted by Crippen LogP contribution is -2.11. The maximum Gasteiger partial charge on any atom is 0.124 e. The standard InChI is InChI=1S/C47H30N2S/c1-3-11-31(12-4-1)40-17-9-10-18-44(40)49(37-26-23-33-20-19-32-13-7-8-16-39(32)41(33)29-37)38-27-24-34-21-22-35-25-28-43-46(45(35)42(34)30-38)50-47(48-43)36-14-5-2-6-15-36/h1-30H. The summed E-state index contributed by atoms with van der Waals surface area (Å²) in [6, 6.07) is 65.8. The maximum atomic E-state index is 5.10. The zero-order valence-corrected chi connectivity index (χ0v) is 27.9. The highest BCUT2D eigenvalue weighted by molar-refractivity contribution is 7.22. The summed E-state index contributed by atoms with van der Waals surface area (Å²) in [4.78, 5) is 7.53. The van der Waals surface area contributed by atoms with Crippen LogP contribution in [0.5, 0.6) is 0 Å². The van der Waals surface area contributed by atoms with Crippen molar-refractivity contribution >= 4 is 81.7 Å². The van der Waals surface area contributed by atoms with Crippen molar-refractivity contribution < 1.29 is 0 Å². The molecule has 0 unspecified atom stereocenters. The lowest BCUT2D eigenvalue weighted by molar-refractivity contribution is 1.29. The number of rotatable bonds is 5. The Hall–Kier alpha value is -6.29. The first-order valence-corrected chi connectivity index (χ1v) is 17.8. The molecule has 1 heterocycles. The van der Waals surface area contributed by atoms with Crippen LogP contribution in [0.3, 0.4) is 0 Å². The number of anilines is 3. The number of hydrogen-bond donors (Lipinski definition) is 0. The second-order valence-corrected chi connectivity index (χ2v) is 13.8. The Morgan fingerprint density at radius 1 is 0.420 bits per heavy atom. The van der Waals surface area contributed by atoms with Crippen LogP contribution in [0.4, 0.5) is 17.1 Å². The van der Waals surface area contributed by atoms with Gasteiger partial charge < -0.3 is 4.90 Å². The fraction of sp³-hybridized carbons (Fsp3) is 0. The fourth-order valence-electron chi connectivity index (χ4n) is 7.44. The molecule has 0 aliphatic heterocycles. The number of aromatic nitrogens is 1. The van der Waals surface area contributed by atoms with Gasteiger partial charge in [-0.2, -0.15) is 0 Å². The molecule has 0 saturated heterocycles. The molecule has 0 atom stereocenters. The predicted molar refractivity (Wildman–Crippen MR) is 215 cm³/mol. The number of benzene rings is 9. The first kappa shape index (κ1) is 28.7. The fourth-order valence-corrected chi connectivity index (χ4v) is 8.58. The molecular weight excluding hydrogens is 625 g/mol. The second-order valence-electron chi connectivity index (χ2n) is 12.8. The number of nitrogens with zero attached hydrogens (tertiary/aromatic N) is 2. The third-order valence-electron chi connectivity index (χ3n) is 9.84. The van der Waals surface area contributed by atoms with E-state index in [1.54, 1.807) is 11.3 Å². The smallest absolute Gasteiger partial charge is 0.124 e. The first-order valence-electron chi connectivity index (χ1n) is 17.0. The van der Waals surface area contributed by atoms with Crippen molar-refractivity contribution in [2.75, 3.05) is 4.90 Å². The molecule has 10 aromatic rings. The van der Waals surface area contributed by atoms with E-state index in [9.17, 15) is 0 Å². The molecule has 50 heavy (non-hydrogen) atoms. The average molecular weight is 655 g/mol. The van der Waals surface area contributed by atoms with Gasteiger partial charge in [0.25, 0.3) is 0 Å². The van der Waals surface area contributed by atoms with E-state index in [-0.39, 0.29) is 0 Å². The third-order valence-corrected chi connectivity index (χ3v) is 11.0. The Morgan fingerprint density at radius 3 is 1.76 bits per heavy atom. The summed E-state index contributed by atoms with van der Waals surface area (Å²) >= 11 is 1.78. The minimum atomic E-state index is 1.03. The van der Waals surface area contributed by atoms with E-state index in [4.69, 9.17) is 4.98 Å². The highest BCUT2D eigenvalue weighted by Crippen LogP contribution is 2.45. The quantitative estimate of drug-likeness (QED) is 0.172. The summed E-state index contributed by atoms with van der Waals surface area (Å²) in [6.45, 7) is 0. The Kier molecular flexibility index (Phi) is 6.71. The van der Waals surface area contributed by atoms with Crippen molar-refractivity contribution in [3.63, 3.8) is 0 Å². The van der Waals surface area contributed by atoms with Gasteiger partial charge in [0.05, 0.1) is 15.9 Å². The molecule has 2 nitrogen and oxygen atoms in total. The van der Waals surface area contributed by atoms with Crippen LogP contribution in [-0.2, 0) is 0 Å². The summed E-state index contributed by atoms with van der Waals surface area (Å²) < 4.78 is 1.22. The van der Waals surface area contributed by atoms with Gasteiger partial charge in [0.1, 0.15) is 5.01 Å². The van der Waals surface area contributed by atoms with Gasteiger partial charge >= 0.3 is 0 Å². The summed E-state index contributed by atoms with van der Waals surface area (Å²) in [7, 11) is 0. The molecular formula is C47H30N2S. The molecule has 0 bridgehead atoms. The third kappa shape index (κ3) is 4.74. The van der Waals surface area contributed by atoms with Gasteiger partial charge in [0.2, 0.25) is 0 Å². The second kappa shape index (κ2) is 11.7. The Bertz CT molecular complexity index is 2870. The van der Waals surface area contributed by atoms with Crippen molar-refractivity contribution in [1.82, 2.24) is 4.98 Å². The summed E-state index contributed by atoms with van der Waals surface area (Å²) in [5.41, 5.74) is 7.91. The summed E-state index contributed by atoms with van der Waals surface area (Å²) in [5, 5.41) is 10.9. The zero-order valence-electron chi connectivity index (χ0n) is 27.1. The van der Waals surface area contributed by atoms with E-state index >= 15 is 0 Å². The molecule has 0 aliphatic rings. The molecule has 0 fully saturated rings. The van der Waals surface area contributed by atoms with Crippen LogP contribution >= 0.6 is 11.3 Å². The number of fused-ring (bicyclic) bond motifs is 8. The van der Waals surface area contributed by atoms with Gasteiger partial charge in [-0.25, -0.2) is 4.98 Å².